The Morgan fingerprint density at radius 1 is 0.239 bits per heavy atom. The first-order valence-corrected chi connectivity index (χ1v) is 22.6. The molecule has 0 aliphatic rings. The molecule has 67 heavy (non-hydrogen) atoms. The molecule has 0 unspecified atom stereocenters. The summed E-state index contributed by atoms with van der Waals surface area (Å²) in [5, 5.41) is 1.91. The van der Waals surface area contributed by atoms with E-state index in [1.807, 2.05) is 66.7 Å². The van der Waals surface area contributed by atoms with Crippen LogP contribution in [-0.2, 0) is 0 Å². The van der Waals surface area contributed by atoms with Crippen molar-refractivity contribution in [1.29, 1.82) is 0 Å². The van der Waals surface area contributed by atoms with Crippen LogP contribution in [0.4, 0.5) is 0 Å². The van der Waals surface area contributed by atoms with Crippen molar-refractivity contribution >= 4 is 21.9 Å². The van der Waals surface area contributed by atoms with Crippen LogP contribution in [0, 0.1) is 0 Å². The number of rotatable bonds is 9. The maximum atomic E-state index is 7.13. The molecule has 0 spiro atoms. The van der Waals surface area contributed by atoms with Crippen molar-refractivity contribution in [2.45, 2.75) is 0 Å². The van der Waals surface area contributed by atoms with Crippen LogP contribution in [-0.4, -0.2) is 15.0 Å². The topological polar surface area (TPSA) is 51.8 Å². The molecule has 0 aliphatic carbocycles. The zero-order valence-electron chi connectivity index (χ0n) is 36.4. The highest BCUT2D eigenvalue weighted by atomic mass is 16.3. The van der Waals surface area contributed by atoms with Crippen LogP contribution in [0.2, 0.25) is 0 Å². The van der Waals surface area contributed by atoms with Crippen molar-refractivity contribution in [3.8, 4) is 101 Å². The van der Waals surface area contributed by atoms with Gasteiger partial charge in [-0.05, 0) is 116 Å². The van der Waals surface area contributed by atoms with E-state index >= 15 is 0 Å². The molecule has 2 aromatic heterocycles. The van der Waals surface area contributed by atoms with Crippen LogP contribution in [0.25, 0.3) is 123 Å². The molecule has 0 bridgehead atoms. The second kappa shape index (κ2) is 17.2. The maximum Gasteiger partial charge on any atom is 0.164 e. The van der Waals surface area contributed by atoms with Crippen molar-refractivity contribution in [3.05, 3.63) is 249 Å². The summed E-state index contributed by atoms with van der Waals surface area (Å²) in [5.41, 5.74) is 17.5. The molecule has 0 atom stereocenters. The van der Waals surface area contributed by atoms with Gasteiger partial charge in [0.05, 0.1) is 0 Å². The smallest absolute Gasteiger partial charge is 0.164 e. The summed E-state index contributed by atoms with van der Waals surface area (Å²) in [6, 6.07) is 87.4. The van der Waals surface area contributed by atoms with Gasteiger partial charge in [0.2, 0.25) is 0 Å². The Hall–Kier alpha value is -8.99. The van der Waals surface area contributed by atoms with E-state index < -0.39 is 0 Å². The fraction of sp³-hybridized carbons (Fsp3) is 0. The van der Waals surface area contributed by atoms with Crippen molar-refractivity contribution in [2.75, 3.05) is 0 Å². The van der Waals surface area contributed by atoms with Gasteiger partial charge < -0.3 is 4.42 Å². The van der Waals surface area contributed by atoms with Crippen LogP contribution in [0.15, 0.2) is 253 Å². The summed E-state index contributed by atoms with van der Waals surface area (Å²) in [4.78, 5) is 15.5. The third-order valence-corrected chi connectivity index (χ3v) is 12.5. The molecule has 2 heterocycles. The molecule has 0 saturated heterocycles. The van der Waals surface area contributed by atoms with E-state index in [-0.39, 0.29) is 0 Å². The van der Waals surface area contributed by atoms with Crippen molar-refractivity contribution in [3.63, 3.8) is 0 Å². The fourth-order valence-electron chi connectivity index (χ4n) is 9.19. The van der Waals surface area contributed by atoms with Gasteiger partial charge in [-0.1, -0.05) is 194 Å². The first-order chi connectivity index (χ1) is 33.2. The number of furan rings is 1. The molecule has 0 aliphatic heterocycles. The van der Waals surface area contributed by atoms with Crippen molar-refractivity contribution in [2.24, 2.45) is 0 Å². The lowest BCUT2D eigenvalue weighted by Gasteiger charge is -2.15. The molecule has 12 rings (SSSR count). The first kappa shape index (κ1) is 39.6. The minimum absolute atomic E-state index is 0.572. The van der Waals surface area contributed by atoms with E-state index in [1.165, 1.54) is 0 Å². The molecule has 0 amide bonds. The predicted octanol–water partition coefficient (Wildman–Crippen LogP) is 16.8. The van der Waals surface area contributed by atoms with Crippen LogP contribution in [0.1, 0.15) is 0 Å². The molecular weight excluding hydrogens is 815 g/mol. The number of benzene rings is 10. The summed E-state index contributed by atoms with van der Waals surface area (Å²) in [6.45, 7) is 0. The molecule has 10 aromatic carbocycles. The van der Waals surface area contributed by atoms with Crippen LogP contribution in [0.5, 0.6) is 0 Å². The molecule has 0 fully saturated rings. The number of hydrogen-bond acceptors (Lipinski definition) is 4. The van der Waals surface area contributed by atoms with E-state index in [0.29, 0.717) is 17.5 Å². The van der Waals surface area contributed by atoms with Crippen LogP contribution in [0.3, 0.4) is 0 Å². The molecular formula is C63H41N3O. The highest BCUT2D eigenvalue weighted by Crippen LogP contribution is 2.45. The van der Waals surface area contributed by atoms with Gasteiger partial charge in [0, 0.05) is 33.0 Å². The Morgan fingerprint density at radius 2 is 0.582 bits per heavy atom. The van der Waals surface area contributed by atoms with Gasteiger partial charge in [-0.3, -0.25) is 0 Å². The summed E-state index contributed by atoms with van der Waals surface area (Å²) in [6.07, 6.45) is 0. The molecule has 314 valence electrons. The molecule has 4 nitrogen and oxygen atoms in total. The van der Waals surface area contributed by atoms with Gasteiger partial charge in [-0.15, -0.1) is 0 Å². The lowest BCUT2D eigenvalue weighted by Crippen LogP contribution is -2.00. The normalized spacial score (nSPS) is 11.3. The number of hydrogen-bond donors (Lipinski definition) is 0. The van der Waals surface area contributed by atoms with E-state index in [9.17, 15) is 0 Å². The van der Waals surface area contributed by atoms with Crippen molar-refractivity contribution in [1.82, 2.24) is 15.0 Å². The Balaban J connectivity index is 1.16. The zero-order chi connectivity index (χ0) is 44.5. The number of fused-ring (bicyclic) bond motifs is 3. The second-order valence-electron chi connectivity index (χ2n) is 16.8. The Bertz CT molecular complexity index is 3530. The van der Waals surface area contributed by atoms with E-state index in [2.05, 4.69) is 182 Å². The Labute approximate surface area is 389 Å². The Morgan fingerprint density at radius 3 is 1.00 bits per heavy atom. The highest BCUT2D eigenvalue weighted by molar-refractivity contribution is 6.16. The lowest BCUT2D eigenvalue weighted by molar-refractivity contribution is 0.670. The first-order valence-electron chi connectivity index (χ1n) is 22.6. The SMILES string of the molecule is c1ccc(-c2cc(-c3ccccc3)cc(-c3cc(-c4cc(-c5ccccc5)cc(-c5ccccc5)c4)c4oc5cccc(-c6nc(-c7ccccc7)nc(-c7ccccc7)n6)c5c4c3)c2)cc1. The average molecular weight is 856 g/mol. The summed E-state index contributed by atoms with van der Waals surface area (Å²) in [7, 11) is 0. The molecule has 0 N–H and O–H groups in total. The standard InChI is InChI=1S/C63H41N3O/c1-7-20-42(21-8-1)48-34-49(43-22-9-2-10-23-43)37-52(36-48)53-40-56(54-38-50(44-24-11-3-12-25-44)35-51(39-54)45-26-13-4-14-27-45)60-57(41-53)59-55(32-19-33-58(59)67-60)63-65-61(46-28-15-5-16-29-46)64-62(66-63)47-30-17-6-18-31-47/h1-41H. The third-order valence-electron chi connectivity index (χ3n) is 12.5. The minimum atomic E-state index is 0.572. The monoisotopic (exact) mass is 855 g/mol. The van der Waals surface area contributed by atoms with Crippen LogP contribution < -0.4 is 0 Å². The number of aromatic nitrogens is 3. The minimum Gasteiger partial charge on any atom is -0.455 e. The molecule has 0 saturated carbocycles. The largest absolute Gasteiger partial charge is 0.455 e. The third kappa shape index (κ3) is 7.77. The number of nitrogens with zero attached hydrogens (tertiary/aromatic N) is 3. The second-order valence-corrected chi connectivity index (χ2v) is 16.8. The van der Waals surface area contributed by atoms with Gasteiger partial charge in [-0.2, -0.15) is 0 Å². The van der Waals surface area contributed by atoms with Gasteiger partial charge in [0.1, 0.15) is 11.2 Å². The van der Waals surface area contributed by atoms with E-state index in [4.69, 9.17) is 19.4 Å². The van der Waals surface area contributed by atoms with Gasteiger partial charge >= 0.3 is 0 Å². The summed E-state index contributed by atoms with van der Waals surface area (Å²) >= 11 is 0. The quantitative estimate of drug-likeness (QED) is 0.145. The predicted molar refractivity (Wildman–Crippen MR) is 276 cm³/mol. The van der Waals surface area contributed by atoms with Crippen molar-refractivity contribution < 1.29 is 4.42 Å². The summed E-state index contributed by atoms with van der Waals surface area (Å²) in [5.74, 6) is 1.78. The average Bonchev–Trinajstić information content (AvgIpc) is 3.81. The lowest BCUT2D eigenvalue weighted by atomic mass is 9.89. The van der Waals surface area contributed by atoms with E-state index in [0.717, 1.165) is 105 Å². The molecule has 4 heteroatoms. The summed E-state index contributed by atoms with van der Waals surface area (Å²) < 4.78 is 7.13. The molecule has 0 radical (unpaired) electrons. The zero-order valence-corrected chi connectivity index (χ0v) is 36.4. The molecule has 12 aromatic rings. The van der Waals surface area contributed by atoms with Gasteiger partial charge in [0.15, 0.2) is 17.5 Å². The maximum absolute atomic E-state index is 7.13. The fourth-order valence-corrected chi connectivity index (χ4v) is 9.19. The Kier molecular flexibility index (Phi) is 10.2. The highest BCUT2D eigenvalue weighted by Gasteiger charge is 2.22. The van der Waals surface area contributed by atoms with Gasteiger partial charge in [-0.25, -0.2) is 15.0 Å². The van der Waals surface area contributed by atoms with Gasteiger partial charge in [0.25, 0.3) is 0 Å². The van der Waals surface area contributed by atoms with E-state index in [1.54, 1.807) is 0 Å². The van der Waals surface area contributed by atoms with Crippen LogP contribution >= 0.6 is 0 Å².